The van der Waals surface area contributed by atoms with Gasteiger partial charge in [-0.15, -0.1) is 0 Å². The van der Waals surface area contributed by atoms with Gasteiger partial charge < -0.3 is 20.1 Å². The number of likely N-dealkylation sites (tertiary alicyclic amines) is 1. The van der Waals surface area contributed by atoms with Gasteiger partial charge in [0.1, 0.15) is 11.5 Å². The SMILES string of the molecule is C=C(C)[C@@H]1CCC(C)=C[C@H]1c1c(O)cc(CCCCC)cc1OC(=S)NCC1CCN1C. The molecule has 0 aromatic heterocycles. The number of thiocarbonyl (C=S) groups is 1. The Morgan fingerprint density at radius 1 is 1.31 bits per heavy atom. The number of phenolic OH excluding ortho intramolecular Hbond substituents is 1. The van der Waals surface area contributed by atoms with Gasteiger partial charge in [-0.2, -0.15) is 0 Å². The van der Waals surface area contributed by atoms with Crippen molar-refractivity contribution in [3.05, 3.63) is 47.1 Å². The van der Waals surface area contributed by atoms with Crippen LogP contribution in [0.1, 0.15) is 76.3 Å². The molecule has 1 aromatic rings. The molecule has 5 heteroatoms. The first-order valence-corrected chi connectivity index (χ1v) is 12.5. The second-order valence-electron chi connectivity index (χ2n) is 9.71. The van der Waals surface area contributed by atoms with E-state index in [0.29, 0.717) is 22.7 Å². The van der Waals surface area contributed by atoms with Crippen molar-refractivity contribution in [3.8, 4) is 11.5 Å². The zero-order valence-electron chi connectivity index (χ0n) is 20.2. The van der Waals surface area contributed by atoms with Gasteiger partial charge in [0, 0.05) is 24.1 Å². The molecule has 32 heavy (non-hydrogen) atoms. The first-order valence-electron chi connectivity index (χ1n) is 12.1. The molecule has 1 aromatic carbocycles. The molecule has 4 nitrogen and oxygen atoms in total. The number of phenols is 1. The second-order valence-corrected chi connectivity index (χ2v) is 10.1. The first-order chi connectivity index (χ1) is 15.3. The van der Waals surface area contributed by atoms with Crippen LogP contribution in [0, 0.1) is 5.92 Å². The fraction of sp³-hybridized carbons (Fsp3) is 0.593. The molecule has 1 saturated heterocycles. The highest BCUT2D eigenvalue weighted by Gasteiger charge is 2.31. The Kier molecular flexibility index (Phi) is 8.78. The molecule has 1 fully saturated rings. The molecule has 0 amide bonds. The largest absolute Gasteiger partial charge is 0.507 e. The molecule has 0 bridgehead atoms. The number of likely N-dealkylation sites (N-methyl/N-ethyl adjacent to an activating group) is 1. The third-order valence-electron chi connectivity index (χ3n) is 7.09. The Balaban J connectivity index is 1.89. The summed E-state index contributed by atoms with van der Waals surface area (Å²) in [5, 5.41) is 14.8. The average molecular weight is 457 g/mol. The van der Waals surface area contributed by atoms with Gasteiger partial charge in [-0.1, -0.05) is 43.6 Å². The van der Waals surface area contributed by atoms with Crippen LogP contribution in [0.2, 0.25) is 0 Å². The lowest BCUT2D eigenvalue weighted by Gasteiger charge is -2.38. The number of unbranched alkanes of at least 4 members (excludes halogenated alkanes) is 2. The van der Waals surface area contributed by atoms with Crippen LogP contribution in [0.3, 0.4) is 0 Å². The molecule has 3 atom stereocenters. The average Bonchev–Trinajstić information content (AvgIpc) is 2.72. The van der Waals surface area contributed by atoms with Crippen molar-refractivity contribution in [1.82, 2.24) is 10.2 Å². The fourth-order valence-electron chi connectivity index (χ4n) is 4.88. The van der Waals surface area contributed by atoms with E-state index >= 15 is 0 Å². The van der Waals surface area contributed by atoms with Crippen LogP contribution >= 0.6 is 12.2 Å². The van der Waals surface area contributed by atoms with Crippen LogP contribution in [0.4, 0.5) is 0 Å². The van der Waals surface area contributed by atoms with Gasteiger partial charge in [0.15, 0.2) is 0 Å². The lowest BCUT2D eigenvalue weighted by atomic mass is 9.73. The third kappa shape index (κ3) is 6.14. The van der Waals surface area contributed by atoms with E-state index in [-0.39, 0.29) is 11.8 Å². The number of hydrogen-bond donors (Lipinski definition) is 2. The number of allylic oxidation sites excluding steroid dienone is 3. The van der Waals surface area contributed by atoms with Gasteiger partial charge in [-0.05, 0) is 95.4 Å². The Hall–Kier alpha value is -1.85. The van der Waals surface area contributed by atoms with Crippen LogP contribution in [0.25, 0.3) is 0 Å². The van der Waals surface area contributed by atoms with Crippen molar-refractivity contribution in [3.63, 3.8) is 0 Å². The zero-order chi connectivity index (χ0) is 23.3. The van der Waals surface area contributed by atoms with E-state index in [2.05, 4.69) is 56.8 Å². The molecule has 1 heterocycles. The number of ether oxygens (including phenoxy) is 1. The minimum atomic E-state index is 0.0431. The molecule has 1 aliphatic heterocycles. The summed E-state index contributed by atoms with van der Waals surface area (Å²) in [6, 6.07) is 4.51. The van der Waals surface area contributed by atoms with Crippen LogP contribution in [0.5, 0.6) is 11.5 Å². The number of aromatic hydroxyl groups is 1. The van der Waals surface area contributed by atoms with Crippen molar-refractivity contribution in [2.45, 2.75) is 77.7 Å². The molecule has 1 aliphatic carbocycles. The van der Waals surface area contributed by atoms with E-state index in [1.807, 2.05) is 6.07 Å². The Morgan fingerprint density at radius 2 is 2.09 bits per heavy atom. The Labute approximate surface area is 199 Å². The summed E-state index contributed by atoms with van der Waals surface area (Å²) in [5.41, 5.74) is 4.42. The summed E-state index contributed by atoms with van der Waals surface area (Å²) >= 11 is 5.56. The van der Waals surface area contributed by atoms with Gasteiger partial charge in [0.05, 0.1) is 0 Å². The molecule has 176 valence electrons. The molecular weight excluding hydrogens is 416 g/mol. The van der Waals surface area contributed by atoms with Gasteiger partial charge in [0.25, 0.3) is 5.17 Å². The summed E-state index contributed by atoms with van der Waals surface area (Å²) in [4.78, 5) is 2.31. The maximum absolute atomic E-state index is 11.2. The minimum Gasteiger partial charge on any atom is -0.507 e. The van der Waals surface area contributed by atoms with E-state index in [4.69, 9.17) is 17.0 Å². The minimum absolute atomic E-state index is 0.0431. The summed E-state index contributed by atoms with van der Waals surface area (Å²) in [6.07, 6.45) is 9.93. The van der Waals surface area contributed by atoms with Crippen molar-refractivity contribution in [1.29, 1.82) is 0 Å². The highest BCUT2D eigenvalue weighted by molar-refractivity contribution is 7.80. The monoisotopic (exact) mass is 456 g/mol. The highest BCUT2D eigenvalue weighted by atomic mass is 32.1. The summed E-state index contributed by atoms with van der Waals surface area (Å²) < 4.78 is 6.23. The maximum Gasteiger partial charge on any atom is 0.262 e. The van der Waals surface area contributed by atoms with Crippen LogP contribution in [-0.4, -0.2) is 41.4 Å². The lowest BCUT2D eigenvalue weighted by molar-refractivity contribution is 0.128. The Morgan fingerprint density at radius 3 is 2.72 bits per heavy atom. The molecule has 0 saturated carbocycles. The van der Waals surface area contributed by atoms with Gasteiger partial charge in [0.2, 0.25) is 0 Å². The quantitative estimate of drug-likeness (QED) is 0.267. The number of nitrogens with zero attached hydrogens (tertiary/aromatic N) is 1. The molecule has 1 unspecified atom stereocenters. The van der Waals surface area contributed by atoms with Gasteiger partial charge in [-0.25, -0.2) is 0 Å². The van der Waals surface area contributed by atoms with Gasteiger partial charge >= 0.3 is 0 Å². The molecule has 0 spiro atoms. The predicted octanol–water partition coefficient (Wildman–Crippen LogP) is 6.10. The third-order valence-corrected chi connectivity index (χ3v) is 7.31. The predicted molar refractivity (Wildman–Crippen MR) is 138 cm³/mol. The molecule has 2 N–H and O–H groups in total. The smallest absolute Gasteiger partial charge is 0.262 e. The van der Waals surface area contributed by atoms with E-state index in [0.717, 1.165) is 55.5 Å². The number of rotatable bonds is 9. The number of benzene rings is 1. The molecular formula is C27H40N2O2S. The summed E-state index contributed by atoms with van der Waals surface area (Å²) in [5.74, 6) is 1.31. The van der Waals surface area contributed by atoms with Crippen molar-refractivity contribution < 1.29 is 9.84 Å². The van der Waals surface area contributed by atoms with Crippen molar-refractivity contribution in [2.75, 3.05) is 20.1 Å². The maximum atomic E-state index is 11.2. The highest BCUT2D eigenvalue weighted by Crippen LogP contribution is 2.47. The van der Waals surface area contributed by atoms with Crippen LogP contribution in [-0.2, 0) is 6.42 Å². The lowest BCUT2D eigenvalue weighted by Crippen LogP contribution is -2.51. The number of aryl methyl sites for hydroxylation is 1. The Bertz CT molecular complexity index is 863. The van der Waals surface area contributed by atoms with E-state index < -0.39 is 0 Å². The number of nitrogens with one attached hydrogen (secondary N) is 1. The standard InChI is InChI=1S/C27H40N2O2S/c1-6-7-8-9-20-15-24(30)26(23-14-19(4)10-11-22(23)18(2)3)25(16-20)31-27(32)28-17-21-12-13-29(21)5/h14-16,21-23,30H,2,6-13,17H2,1,3-5H3,(H,28,32)/t21?,22-,23+/m0/s1. The molecule has 2 aliphatic rings. The van der Waals surface area contributed by atoms with Crippen LogP contribution in [0.15, 0.2) is 35.9 Å². The van der Waals surface area contributed by atoms with E-state index in [1.165, 1.54) is 24.8 Å². The molecule has 0 radical (unpaired) electrons. The summed E-state index contributed by atoms with van der Waals surface area (Å²) in [7, 11) is 2.13. The molecule has 3 rings (SSSR count). The van der Waals surface area contributed by atoms with E-state index in [1.54, 1.807) is 0 Å². The fourth-order valence-corrected chi connectivity index (χ4v) is 5.05. The van der Waals surface area contributed by atoms with E-state index in [9.17, 15) is 5.11 Å². The number of hydrogen-bond acceptors (Lipinski definition) is 4. The van der Waals surface area contributed by atoms with Crippen molar-refractivity contribution >= 4 is 17.4 Å². The summed E-state index contributed by atoms with van der Waals surface area (Å²) in [6.45, 7) is 12.6. The second kappa shape index (κ2) is 11.3. The first kappa shape index (κ1) is 24.8. The normalized spacial score (nSPS) is 23.2. The topological polar surface area (TPSA) is 44.7 Å². The zero-order valence-corrected chi connectivity index (χ0v) is 21.1. The van der Waals surface area contributed by atoms with Crippen molar-refractivity contribution in [2.24, 2.45) is 5.92 Å². The van der Waals surface area contributed by atoms with Crippen LogP contribution < -0.4 is 10.1 Å². The van der Waals surface area contributed by atoms with Gasteiger partial charge in [-0.3, -0.25) is 0 Å².